The Bertz CT molecular complexity index is 503. The van der Waals surface area contributed by atoms with Crippen LogP contribution in [0.5, 0.6) is 17.2 Å². The third-order valence-electron chi connectivity index (χ3n) is 2.36. The Morgan fingerprint density at radius 2 is 1.74 bits per heavy atom. The van der Waals surface area contributed by atoms with Crippen molar-refractivity contribution in [2.24, 2.45) is 0 Å². The van der Waals surface area contributed by atoms with Crippen LogP contribution in [-0.4, -0.2) is 32.4 Å². The summed E-state index contributed by atoms with van der Waals surface area (Å²) >= 11 is 0. The molecule has 0 atom stereocenters. The SMILES string of the molecule is COc1ccc(C=CC=CC(=O)O)c(OC)c1OC. The first kappa shape index (κ1) is 14.6. The van der Waals surface area contributed by atoms with Gasteiger partial charge < -0.3 is 19.3 Å². The smallest absolute Gasteiger partial charge is 0.328 e. The van der Waals surface area contributed by atoms with Gasteiger partial charge in [0.25, 0.3) is 0 Å². The Labute approximate surface area is 111 Å². The number of rotatable bonds is 6. The fourth-order valence-electron chi connectivity index (χ4n) is 1.55. The molecular weight excluding hydrogens is 248 g/mol. The quantitative estimate of drug-likeness (QED) is 0.631. The standard InChI is InChI=1S/C14H16O5/c1-17-11-9-8-10(6-4-5-7-12(15)16)13(18-2)14(11)19-3/h4-9H,1-3H3,(H,15,16). The highest BCUT2D eigenvalue weighted by Gasteiger charge is 2.13. The topological polar surface area (TPSA) is 65.0 Å². The van der Waals surface area contributed by atoms with Gasteiger partial charge in [0.1, 0.15) is 0 Å². The number of carbonyl (C=O) groups is 1. The largest absolute Gasteiger partial charge is 0.493 e. The van der Waals surface area contributed by atoms with Gasteiger partial charge in [0.15, 0.2) is 11.5 Å². The maximum absolute atomic E-state index is 10.3. The Morgan fingerprint density at radius 3 is 2.26 bits per heavy atom. The van der Waals surface area contributed by atoms with Crippen molar-refractivity contribution < 1.29 is 24.1 Å². The van der Waals surface area contributed by atoms with Gasteiger partial charge in [0.2, 0.25) is 5.75 Å². The van der Waals surface area contributed by atoms with Crippen LogP contribution in [-0.2, 0) is 4.79 Å². The van der Waals surface area contributed by atoms with E-state index in [9.17, 15) is 4.79 Å². The molecule has 0 aliphatic rings. The van der Waals surface area contributed by atoms with E-state index in [1.54, 1.807) is 31.4 Å². The average Bonchev–Trinajstić information content (AvgIpc) is 2.42. The lowest BCUT2D eigenvalue weighted by Gasteiger charge is -2.13. The Balaban J connectivity index is 3.11. The van der Waals surface area contributed by atoms with Gasteiger partial charge >= 0.3 is 5.97 Å². The first-order valence-electron chi connectivity index (χ1n) is 5.50. The van der Waals surface area contributed by atoms with E-state index in [0.717, 1.165) is 11.6 Å². The van der Waals surface area contributed by atoms with E-state index in [4.69, 9.17) is 19.3 Å². The molecule has 0 bridgehead atoms. The Morgan fingerprint density at radius 1 is 1.05 bits per heavy atom. The van der Waals surface area contributed by atoms with Crippen molar-refractivity contribution in [3.8, 4) is 17.2 Å². The van der Waals surface area contributed by atoms with Crippen LogP contribution in [0.1, 0.15) is 5.56 Å². The summed E-state index contributed by atoms with van der Waals surface area (Å²) in [5, 5.41) is 8.48. The lowest BCUT2D eigenvalue weighted by atomic mass is 10.1. The second-order valence-corrected chi connectivity index (χ2v) is 3.48. The minimum absolute atomic E-state index is 0.495. The number of carboxylic acid groups (broad SMARTS) is 1. The fourth-order valence-corrected chi connectivity index (χ4v) is 1.55. The number of carboxylic acids is 1. The van der Waals surface area contributed by atoms with Crippen molar-refractivity contribution in [3.63, 3.8) is 0 Å². The minimum Gasteiger partial charge on any atom is -0.493 e. The van der Waals surface area contributed by atoms with Crippen LogP contribution in [0.3, 0.4) is 0 Å². The van der Waals surface area contributed by atoms with E-state index >= 15 is 0 Å². The van der Waals surface area contributed by atoms with Gasteiger partial charge in [-0.25, -0.2) is 4.79 Å². The average molecular weight is 264 g/mol. The third-order valence-corrected chi connectivity index (χ3v) is 2.36. The summed E-state index contributed by atoms with van der Waals surface area (Å²) in [6, 6.07) is 3.55. The van der Waals surface area contributed by atoms with Crippen molar-refractivity contribution in [2.45, 2.75) is 0 Å². The number of aliphatic carboxylic acids is 1. The number of methoxy groups -OCH3 is 3. The molecule has 1 aromatic rings. The van der Waals surface area contributed by atoms with Gasteiger partial charge in [-0.15, -0.1) is 0 Å². The summed E-state index contributed by atoms with van der Waals surface area (Å²) < 4.78 is 15.7. The Kier molecular flexibility index (Phi) is 5.47. The predicted molar refractivity (Wildman–Crippen MR) is 71.9 cm³/mol. The molecule has 5 nitrogen and oxygen atoms in total. The summed E-state index contributed by atoms with van der Waals surface area (Å²) in [6.07, 6.45) is 5.81. The molecule has 5 heteroatoms. The molecule has 0 heterocycles. The van der Waals surface area contributed by atoms with Gasteiger partial charge in [-0.1, -0.05) is 18.2 Å². The lowest BCUT2D eigenvalue weighted by molar-refractivity contribution is -0.131. The first-order valence-corrected chi connectivity index (χ1v) is 5.50. The molecule has 0 saturated carbocycles. The predicted octanol–water partition coefficient (Wildman–Crippen LogP) is 2.37. The fraction of sp³-hybridized carbons (Fsp3) is 0.214. The minimum atomic E-state index is -0.996. The molecule has 0 aromatic heterocycles. The number of benzene rings is 1. The highest BCUT2D eigenvalue weighted by atomic mass is 16.5. The number of ether oxygens (including phenoxy) is 3. The van der Waals surface area contributed by atoms with Crippen molar-refractivity contribution >= 4 is 12.0 Å². The van der Waals surface area contributed by atoms with Gasteiger partial charge in [-0.2, -0.15) is 0 Å². The van der Waals surface area contributed by atoms with Crippen LogP contribution in [0, 0.1) is 0 Å². The van der Waals surface area contributed by atoms with Gasteiger partial charge in [0, 0.05) is 11.6 Å². The molecule has 0 unspecified atom stereocenters. The maximum atomic E-state index is 10.3. The molecule has 0 aliphatic heterocycles. The molecule has 1 aromatic carbocycles. The lowest BCUT2D eigenvalue weighted by Crippen LogP contribution is -1.96. The van der Waals surface area contributed by atoms with Crippen molar-refractivity contribution in [1.82, 2.24) is 0 Å². The second-order valence-electron chi connectivity index (χ2n) is 3.48. The molecule has 102 valence electrons. The van der Waals surface area contributed by atoms with Crippen LogP contribution >= 0.6 is 0 Å². The van der Waals surface area contributed by atoms with E-state index < -0.39 is 5.97 Å². The summed E-state index contributed by atoms with van der Waals surface area (Å²) in [5.41, 5.74) is 0.759. The molecule has 1 N–H and O–H groups in total. The Hall–Kier alpha value is -2.43. The molecule has 0 radical (unpaired) electrons. The molecule has 0 spiro atoms. The molecule has 0 fully saturated rings. The summed E-state index contributed by atoms with van der Waals surface area (Å²) in [4.78, 5) is 10.3. The maximum Gasteiger partial charge on any atom is 0.328 e. The van der Waals surface area contributed by atoms with Crippen LogP contribution in [0.15, 0.2) is 30.4 Å². The zero-order chi connectivity index (χ0) is 14.3. The monoisotopic (exact) mass is 264 g/mol. The molecule has 1 rings (SSSR count). The molecule has 0 amide bonds. The van der Waals surface area contributed by atoms with Crippen LogP contribution < -0.4 is 14.2 Å². The van der Waals surface area contributed by atoms with E-state index in [1.165, 1.54) is 20.3 Å². The second kappa shape index (κ2) is 7.10. The zero-order valence-electron chi connectivity index (χ0n) is 11.0. The van der Waals surface area contributed by atoms with E-state index in [-0.39, 0.29) is 0 Å². The van der Waals surface area contributed by atoms with Crippen LogP contribution in [0.4, 0.5) is 0 Å². The third kappa shape index (κ3) is 3.77. The molecule has 19 heavy (non-hydrogen) atoms. The van der Waals surface area contributed by atoms with Gasteiger partial charge in [-0.05, 0) is 12.1 Å². The summed E-state index contributed by atoms with van der Waals surface area (Å²) in [6.45, 7) is 0. The highest BCUT2D eigenvalue weighted by Crippen LogP contribution is 2.40. The molecular formula is C14H16O5. The zero-order valence-corrected chi connectivity index (χ0v) is 11.0. The van der Waals surface area contributed by atoms with E-state index in [1.807, 2.05) is 0 Å². The molecule has 0 saturated heterocycles. The van der Waals surface area contributed by atoms with Crippen molar-refractivity contribution in [3.05, 3.63) is 35.9 Å². The number of hydrogen-bond acceptors (Lipinski definition) is 4. The van der Waals surface area contributed by atoms with Crippen LogP contribution in [0.25, 0.3) is 6.08 Å². The number of hydrogen-bond donors (Lipinski definition) is 1. The number of allylic oxidation sites excluding steroid dienone is 2. The molecule has 0 aliphatic carbocycles. The normalized spacial score (nSPS) is 10.9. The van der Waals surface area contributed by atoms with E-state index in [2.05, 4.69) is 0 Å². The van der Waals surface area contributed by atoms with Crippen LogP contribution in [0.2, 0.25) is 0 Å². The van der Waals surface area contributed by atoms with Crippen molar-refractivity contribution in [1.29, 1.82) is 0 Å². The summed E-state index contributed by atoms with van der Waals surface area (Å²) in [5.74, 6) is 0.595. The van der Waals surface area contributed by atoms with E-state index in [0.29, 0.717) is 17.2 Å². The highest BCUT2D eigenvalue weighted by molar-refractivity contribution is 5.80. The van der Waals surface area contributed by atoms with Gasteiger partial charge in [-0.3, -0.25) is 0 Å². The first-order chi connectivity index (χ1) is 9.13. The van der Waals surface area contributed by atoms with Crippen molar-refractivity contribution in [2.75, 3.05) is 21.3 Å². The van der Waals surface area contributed by atoms with Gasteiger partial charge in [0.05, 0.1) is 21.3 Å². The summed E-state index contributed by atoms with van der Waals surface area (Å²) in [7, 11) is 4.60.